The molecule has 1 fully saturated rings. The second-order valence-electron chi connectivity index (χ2n) is 5.78. The summed E-state index contributed by atoms with van der Waals surface area (Å²) in [5, 5.41) is 9.03. The van der Waals surface area contributed by atoms with Gasteiger partial charge in [-0.25, -0.2) is 0 Å². The van der Waals surface area contributed by atoms with Crippen molar-refractivity contribution in [3.63, 3.8) is 0 Å². The number of carbonyl (C=O) groups excluding carboxylic acids is 2. The van der Waals surface area contributed by atoms with Crippen molar-refractivity contribution in [1.82, 2.24) is 9.80 Å². The number of amides is 2. The average Bonchev–Trinajstić information content (AvgIpc) is 2.83. The lowest BCUT2D eigenvalue weighted by atomic mass is 9.90. The van der Waals surface area contributed by atoms with E-state index in [1.807, 2.05) is 38.1 Å². The highest BCUT2D eigenvalue weighted by molar-refractivity contribution is 5.90. The predicted molar refractivity (Wildman–Crippen MR) is 84.1 cm³/mol. The Morgan fingerprint density at radius 2 is 2.09 bits per heavy atom. The quantitative estimate of drug-likeness (QED) is 0.893. The number of likely N-dealkylation sites (tertiary alicyclic amines) is 1. The molecule has 5 nitrogen and oxygen atoms in total. The van der Waals surface area contributed by atoms with Crippen molar-refractivity contribution in [2.75, 3.05) is 26.7 Å². The summed E-state index contributed by atoms with van der Waals surface area (Å²) in [6, 6.07) is 7.68. The first-order valence-electron chi connectivity index (χ1n) is 7.72. The van der Waals surface area contributed by atoms with E-state index in [9.17, 15) is 9.59 Å². The molecule has 22 heavy (non-hydrogen) atoms. The Balaban J connectivity index is 2.38. The van der Waals surface area contributed by atoms with Crippen molar-refractivity contribution >= 4 is 11.8 Å². The highest BCUT2D eigenvalue weighted by atomic mass is 16.3. The van der Waals surface area contributed by atoms with Crippen LogP contribution in [0.1, 0.15) is 30.5 Å². The number of hydrogen-bond donors (Lipinski definition) is 1. The molecule has 1 aromatic rings. The molecule has 1 aromatic carbocycles. The minimum atomic E-state index is -0.384. The summed E-state index contributed by atoms with van der Waals surface area (Å²) in [7, 11) is 1.67. The van der Waals surface area contributed by atoms with Crippen LogP contribution in [0.3, 0.4) is 0 Å². The predicted octanol–water partition coefficient (Wildman–Crippen LogP) is 1.36. The van der Waals surface area contributed by atoms with Crippen LogP contribution in [0.4, 0.5) is 0 Å². The van der Waals surface area contributed by atoms with E-state index in [-0.39, 0.29) is 43.3 Å². The van der Waals surface area contributed by atoms with Crippen molar-refractivity contribution in [3.8, 4) is 0 Å². The summed E-state index contributed by atoms with van der Waals surface area (Å²) in [4.78, 5) is 28.3. The highest BCUT2D eigenvalue weighted by Crippen LogP contribution is 2.40. The van der Waals surface area contributed by atoms with Gasteiger partial charge in [0.25, 0.3) is 0 Å². The average molecular weight is 304 g/mol. The van der Waals surface area contributed by atoms with Gasteiger partial charge in [-0.05, 0) is 25.0 Å². The Morgan fingerprint density at radius 3 is 2.68 bits per heavy atom. The minimum absolute atomic E-state index is 0.0199. The third-order valence-corrected chi connectivity index (χ3v) is 4.41. The Kier molecular flexibility index (Phi) is 5.19. The number of likely N-dealkylation sites (N-methyl/N-ethyl adjacent to an activating group) is 1. The Labute approximate surface area is 131 Å². The van der Waals surface area contributed by atoms with Crippen LogP contribution in [0.25, 0.3) is 0 Å². The molecule has 1 heterocycles. The first kappa shape index (κ1) is 16.5. The van der Waals surface area contributed by atoms with Gasteiger partial charge in [0.2, 0.25) is 11.8 Å². The van der Waals surface area contributed by atoms with Crippen LogP contribution < -0.4 is 0 Å². The van der Waals surface area contributed by atoms with Crippen LogP contribution in [0.5, 0.6) is 0 Å². The molecule has 0 saturated carbocycles. The molecule has 0 radical (unpaired) electrons. The van der Waals surface area contributed by atoms with Crippen LogP contribution in [-0.2, 0) is 9.59 Å². The molecule has 0 spiro atoms. The number of benzene rings is 1. The van der Waals surface area contributed by atoms with E-state index in [0.29, 0.717) is 6.54 Å². The number of nitrogens with zero attached hydrogens (tertiary/aromatic N) is 2. The van der Waals surface area contributed by atoms with Gasteiger partial charge in [-0.2, -0.15) is 0 Å². The second-order valence-corrected chi connectivity index (χ2v) is 5.78. The molecule has 120 valence electrons. The van der Waals surface area contributed by atoms with Crippen molar-refractivity contribution in [1.29, 1.82) is 0 Å². The third-order valence-electron chi connectivity index (χ3n) is 4.41. The van der Waals surface area contributed by atoms with Crippen molar-refractivity contribution in [2.45, 2.75) is 26.3 Å². The SMILES string of the molecule is CCN1C(=O)C[C@@H](C(=O)N(C)CCO)[C@@H]1c1ccccc1C. The summed E-state index contributed by atoms with van der Waals surface area (Å²) in [6.45, 7) is 4.75. The molecule has 1 aliphatic rings. The van der Waals surface area contributed by atoms with Crippen LogP contribution in [-0.4, -0.2) is 53.5 Å². The molecule has 0 aliphatic carbocycles. The fourth-order valence-electron chi connectivity index (χ4n) is 3.23. The lowest BCUT2D eigenvalue weighted by molar-refractivity contribution is -0.135. The van der Waals surface area contributed by atoms with Gasteiger partial charge in [0.1, 0.15) is 0 Å². The molecule has 2 rings (SSSR count). The maximum absolute atomic E-state index is 12.7. The van der Waals surface area contributed by atoms with Gasteiger partial charge >= 0.3 is 0 Å². The van der Waals surface area contributed by atoms with Crippen LogP contribution >= 0.6 is 0 Å². The van der Waals surface area contributed by atoms with Gasteiger partial charge in [-0.3, -0.25) is 9.59 Å². The zero-order valence-corrected chi connectivity index (χ0v) is 13.5. The lowest BCUT2D eigenvalue weighted by Crippen LogP contribution is -2.38. The topological polar surface area (TPSA) is 60.9 Å². The van der Waals surface area contributed by atoms with Crippen molar-refractivity contribution in [2.24, 2.45) is 5.92 Å². The number of rotatable bonds is 5. The van der Waals surface area contributed by atoms with E-state index >= 15 is 0 Å². The fourth-order valence-corrected chi connectivity index (χ4v) is 3.23. The van der Waals surface area contributed by atoms with Crippen LogP contribution in [0, 0.1) is 12.8 Å². The maximum atomic E-state index is 12.7. The maximum Gasteiger partial charge on any atom is 0.228 e. The summed E-state index contributed by atoms with van der Waals surface area (Å²) < 4.78 is 0. The van der Waals surface area contributed by atoms with E-state index in [4.69, 9.17) is 5.11 Å². The smallest absolute Gasteiger partial charge is 0.228 e. The first-order valence-corrected chi connectivity index (χ1v) is 7.72. The number of carbonyl (C=O) groups is 2. The van der Waals surface area contributed by atoms with Gasteiger partial charge in [0, 0.05) is 26.6 Å². The number of aliphatic hydroxyl groups is 1. The third kappa shape index (κ3) is 2.99. The highest BCUT2D eigenvalue weighted by Gasteiger charge is 2.44. The number of aliphatic hydroxyl groups excluding tert-OH is 1. The Morgan fingerprint density at radius 1 is 1.41 bits per heavy atom. The molecule has 1 saturated heterocycles. The summed E-state index contributed by atoms with van der Waals surface area (Å²) in [5.74, 6) is -0.441. The van der Waals surface area contributed by atoms with E-state index in [0.717, 1.165) is 11.1 Å². The van der Waals surface area contributed by atoms with Gasteiger partial charge in [-0.15, -0.1) is 0 Å². The molecule has 1 N–H and O–H groups in total. The normalized spacial score (nSPS) is 21.3. The van der Waals surface area contributed by atoms with E-state index in [2.05, 4.69) is 0 Å². The van der Waals surface area contributed by atoms with Crippen molar-refractivity contribution in [3.05, 3.63) is 35.4 Å². The summed E-state index contributed by atoms with van der Waals surface area (Å²) >= 11 is 0. The van der Waals surface area contributed by atoms with Gasteiger partial charge in [0.05, 0.1) is 18.6 Å². The Bertz CT molecular complexity index is 559. The largest absolute Gasteiger partial charge is 0.395 e. The fraction of sp³-hybridized carbons (Fsp3) is 0.529. The molecule has 5 heteroatoms. The summed E-state index contributed by atoms with van der Waals surface area (Å²) in [5.41, 5.74) is 2.12. The molecule has 0 unspecified atom stereocenters. The zero-order valence-electron chi connectivity index (χ0n) is 13.5. The number of hydrogen-bond acceptors (Lipinski definition) is 3. The monoisotopic (exact) mass is 304 g/mol. The minimum Gasteiger partial charge on any atom is -0.395 e. The molecule has 2 amide bonds. The standard InChI is InChI=1S/C17H24N2O3/c1-4-19-15(21)11-14(17(22)18(3)9-10-20)16(19)13-8-6-5-7-12(13)2/h5-8,14,16,20H,4,9-11H2,1-3H3/t14-,16+/m1/s1. The Hall–Kier alpha value is -1.88. The van der Waals surface area contributed by atoms with Crippen LogP contribution in [0.2, 0.25) is 0 Å². The van der Waals surface area contributed by atoms with E-state index in [1.165, 1.54) is 4.90 Å². The van der Waals surface area contributed by atoms with Crippen molar-refractivity contribution < 1.29 is 14.7 Å². The molecule has 1 aliphatic heterocycles. The van der Waals surface area contributed by atoms with Gasteiger partial charge < -0.3 is 14.9 Å². The second kappa shape index (κ2) is 6.92. The molecular weight excluding hydrogens is 280 g/mol. The number of aryl methyl sites for hydroxylation is 1. The zero-order chi connectivity index (χ0) is 16.3. The van der Waals surface area contributed by atoms with E-state index in [1.54, 1.807) is 11.9 Å². The molecule has 0 bridgehead atoms. The first-order chi connectivity index (χ1) is 10.5. The van der Waals surface area contributed by atoms with Gasteiger partial charge in [-0.1, -0.05) is 24.3 Å². The molecule has 0 aromatic heterocycles. The van der Waals surface area contributed by atoms with E-state index < -0.39 is 0 Å². The van der Waals surface area contributed by atoms with Gasteiger partial charge in [0.15, 0.2) is 0 Å². The molecule has 2 atom stereocenters. The van der Waals surface area contributed by atoms with Crippen LogP contribution in [0.15, 0.2) is 24.3 Å². The summed E-state index contributed by atoms with van der Waals surface area (Å²) in [6.07, 6.45) is 0.238. The molecular formula is C17H24N2O3. The lowest BCUT2D eigenvalue weighted by Gasteiger charge is -2.30.